The Morgan fingerprint density at radius 1 is 0.789 bits per heavy atom. The minimum Gasteiger partial charge on any atom is -0.508 e. The Morgan fingerprint density at radius 3 is 1.58 bits per heavy atom. The highest BCUT2D eigenvalue weighted by Crippen LogP contribution is 2.35. The van der Waals surface area contributed by atoms with Crippen molar-refractivity contribution in [3.05, 3.63) is 36.4 Å². The number of nitrogens with one attached hydrogen (secondary N) is 1. The molecule has 0 radical (unpaired) electrons. The van der Waals surface area contributed by atoms with E-state index < -0.39 is 0 Å². The molecule has 100 valence electrons. The van der Waals surface area contributed by atoms with Gasteiger partial charge in [-0.05, 0) is 24.3 Å². The predicted molar refractivity (Wildman–Crippen MR) is 72.6 cm³/mol. The Hall–Kier alpha value is -2.56. The third kappa shape index (κ3) is 2.82. The number of phenols is 2. The van der Waals surface area contributed by atoms with Crippen molar-refractivity contribution in [3.63, 3.8) is 0 Å². The van der Waals surface area contributed by atoms with Crippen LogP contribution >= 0.6 is 0 Å². The summed E-state index contributed by atoms with van der Waals surface area (Å²) in [4.78, 5) is 0. The van der Waals surface area contributed by atoms with Crippen molar-refractivity contribution in [2.45, 2.75) is 0 Å². The second-order valence-corrected chi connectivity index (χ2v) is 3.89. The van der Waals surface area contributed by atoms with Crippen molar-refractivity contribution in [3.8, 4) is 23.0 Å². The van der Waals surface area contributed by atoms with Gasteiger partial charge in [0, 0.05) is 12.1 Å². The molecular weight excluding hydrogens is 246 g/mol. The summed E-state index contributed by atoms with van der Waals surface area (Å²) in [5.74, 6) is 1.27. The first kappa shape index (κ1) is 12.9. The maximum atomic E-state index is 9.41. The van der Waals surface area contributed by atoms with Crippen LogP contribution in [0.5, 0.6) is 23.0 Å². The fourth-order valence-electron chi connectivity index (χ4n) is 1.71. The van der Waals surface area contributed by atoms with Crippen LogP contribution in [0.15, 0.2) is 36.4 Å². The summed E-state index contributed by atoms with van der Waals surface area (Å²) in [5.41, 5.74) is 1.37. The monoisotopic (exact) mass is 261 g/mol. The van der Waals surface area contributed by atoms with E-state index in [1.165, 1.54) is 26.4 Å². The molecule has 0 bridgehead atoms. The van der Waals surface area contributed by atoms with Gasteiger partial charge < -0.3 is 25.0 Å². The maximum absolute atomic E-state index is 9.41. The zero-order chi connectivity index (χ0) is 13.8. The van der Waals surface area contributed by atoms with E-state index in [0.29, 0.717) is 22.9 Å². The average Bonchev–Trinajstić information content (AvgIpc) is 2.42. The van der Waals surface area contributed by atoms with E-state index in [0.717, 1.165) is 0 Å². The first-order valence-electron chi connectivity index (χ1n) is 5.65. The summed E-state index contributed by atoms with van der Waals surface area (Å²) in [5, 5.41) is 21.9. The molecule has 0 heterocycles. The molecule has 5 nitrogen and oxygen atoms in total. The molecule has 0 saturated carbocycles. The van der Waals surface area contributed by atoms with Gasteiger partial charge in [0.25, 0.3) is 0 Å². The van der Waals surface area contributed by atoms with E-state index >= 15 is 0 Å². The Bertz CT molecular complexity index is 532. The Morgan fingerprint density at radius 2 is 1.21 bits per heavy atom. The summed E-state index contributed by atoms with van der Waals surface area (Å²) < 4.78 is 10.4. The first-order valence-corrected chi connectivity index (χ1v) is 5.65. The van der Waals surface area contributed by atoms with Crippen molar-refractivity contribution in [2.24, 2.45) is 0 Å². The third-order valence-corrected chi connectivity index (χ3v) is 2.64. The molecule has 0 amide bonds. The Labute approximate surface area is 111 Å². The summed E-state index contributed by atoms with van der Waals surface area (Å²) >= 11 is 0. The van der Waals surface area contributed by atoms with Gasteiger partial charge in [0.2, 0.25) is 0 Å². The van der Waals surface area contributed by atoms with E-state index in [4.69, 9.17) is 9.47 Å². The number of rotatable bonds is 4. The molecule has 0 fully saturated rings. The molecule has 0 unspecified atom stereocenters. The van der Waals surface area contributed by atoms with Gasteiger partial charge in [-0.2, -0.15) is 0 Å². The number of hydrogen-bond donors (Lipinski definition) is 3. The van der Waals surface area contributed by atoms with E-state index in [1.54, 1.807) is 24.3 Å². The number of hydrogen-bond acceptors (Lipinski definition) is 5. The number of benzene rings is 2. The average molecular weight is 261 g/mol. The van der Waals surface area contributed by atoms with Crippen LogP contribution < -0.4 is 14.8 Å². The molecule has 19 heavy (non-hydrogen) atoms. The Kier molecular flexibility index (Phi) is 3.66. The van der Waals surface area contributed by atoms with Gasteiger partial charge in [0.05, 0.1) is 25.6 Å². The van der Waals surface area contributed by atoms with Crippen molar-refractivity contribution in [2.75, 3.05) is 19.5 Å². The van der Waals surface area contributed by atoms with Gasteiger partial charge in [-0.1, -0.05) is 0 Å². The normalized spacial score (nSPS) is 10.0. The van der Waals surface area contributed by atoms with Crippen LogP contribution in [-0.4, -0.2) is 24.4 Å². The van der Waals surface area contributed by atoms with Gasteiger partial charge in [0.15, 0.2) is 0 Å². The fourth-order valence-corrected chi connectivity index (χ4v) is 1.71. The molecular formula is C14H15NO4. The third-order valence-electron chi connectivity index (χ3n) is 2.64. The van der Waals surface area contributed by atoms with Crippen molar-refractivity contribution >= 4 is 11.4 Å². The van der Waals surface area contributed by atoms with Crippen LogP contribution in [0.1, 0.15) is 0 Å². The Balaban J connectivity index is 2.36. The van der Waals surface area contributed by atoms with Crippen LogP contribution in [-0.2, 0) is 0 Å². The van der Waals surface area contributed by atoms with Crippen LogP contribution in [0.4, 0.5) is 11.4 Å². The van der Waals surface area contributed by atoms with Crippen molar-refractivity contribution < 1.29 is 19.7 Å². The van der Waals surface area contributed by atoms with Crippen molar-refractivity contribution in [1.29, 1.82) is 0 Å². The quantitative estimate of drug-likeness (QED) is 0.738. The van der Waals surface area contributed by atoms with Crippen molar-refractivity contribution in [1.82, 2.24) is 0 Å². The lowest BCUT2D eigenvalue weighted by Crippen LogP contribution is -1.97. The highest BCUT2D eigenvalue weighted by Gasteiger charge is 2.08. The van der Waals surface area contributed by atoms with Gasteiger partial charge in [0.1, 0.15) is 23.0 Å². The molecule has 2 rings (SSSR count). The first-order chi connectivity index (χ1) is 9.13. The molecule has 0 aromatic heterocycles. The summed E-state index contributed by atoms with van der Waals surface area (Å²) in [6, 6.07) is 9.51. The zero-order valence-corrected chi connectivity index (χ0v) is 10.7. The number of anilines is 2. The summed E-state index contributed by atoms with van der Waals surface area (Å²) in [6.07, 6.45) is 0. The molecule has 2 aromatic rings. The van der Waals surface area contributed by atoms with Crippen LogP contribution in [0, 0.1) is 0 Å². The molecule has 0 aliphatic heterocycles. The SMILES string of the molecule is COc1cc(O)ccc1Nc1ccc(O)cc1OC. The van der Waals surface area contributed by atoms with Gasteiger partial charge in [-0.15, -0.1) is 0 Å². The summed E-state index contributed by atoms with van der Waals surface area (Å²) in [6.45, 7) is 0. The predicted octanol–water partition coefficient (Wildman–Crippen LogP) is 2.86. The van der Waals surface area contributed by atoms with Gasteiger partial charge in [-0.3, -0.25) is 0 Å². The molecule has 0 aliphatic rings. The molecule has 3 N–H and O–H groups in total. The lowest BCUT2D eigenvalue weighted by molar-refractivity contribution is 0.407. The molecule has 2 aromatic carbocycles. The number of methoxy groups -OCH3 is 2. The lowest BCUT2D eigenvalue weighted by Gasteiger charge is -2.14. The number of ether oxygens (including phenoxy) is 2. The molecule has 0 saturated heterocycles. The smallest absolute Gasteiger partial charge is 0.145 e. The minimum absolute atomic E-state index is 0.125. The molecule has 0 spiro atoms. The lowest BCUT2D eigenvalue weighted by atomic mass is 10.2. The second-order valence-electron chi connectivity index (χ2n) is 3.89. The fraction of sp³-hybridized carbons (Fsp3) is 0.143. The largest absolute Gasteiger partial charge is 0.508 e. The molecule has 0 aliphatic carbocycles. The highest BCUT2D eigenvalue weighted by molar-refractivity contribution is 5.72. The number of aromatic hydroxyl groups is 2. The highest BCUT2D eigenvalue weighted by atomic mass is 16.5. The van der Waals surface area contributed by atoms with E-state index in [1.807, 2.05) is 0 Å². The topological polar surface area (TPSA) is 71.0 Å². The second kappa shape index (κ2) is 5.39. The minimum atomic E-state index is 0.125. The van der Waals surface area contributed by atoms with Crippen LogP contribution in [0.3, 0.4) is 0 Å². The van der Waals surface area contributed by atoms with E-state index in [-0.39, 0.29) is 11.5 Å². The molecule has 5 heteroatoms. The summed E-state index contributed by atoms with van der Waals surface area (Å²) in [7, 11) is 3.04. The van der Waals surface area contributed by atoms with Gasteiger partial charge in [-0.25, -0.2) is 0 Å². The maximum Gasteiger partial charge on any atom is 0.145 e. The number of phenolic OH excluding ortho intramolecular Hbond substituents is 2. The van der Waals surface area contributed by atoms with E-state index in [9.17, 15) is 10.2 Å². The molecule has 0 atom stereocenters. The van der Waals surface area contributed by atoms with Crippen LogP contribution in [0.2, 0.25) is 0 Å². The standard InChI is InChI=1S/C14H15NO4/c1-18-13-7-9(16)3-5-11(13)15-12-6-4-10(17)8-14(12)19-2/h3-8,15-17H,1-2H3. The van der Waals surface area contributed by atoms with E-state index in [2.05, 4.69) is 5.32 Å². The zero-order valence-electron chi connectivity index (χ0n) is 10.7. The van der Waals surface area contributed by atoms with Crippen LogP contribution in [0.25, 0.3) is 0 Å². The van der Waals surface area contributed by atoms with Gasteiger partial charge >= 0.3 is 0 Å².